The third-order valence-corrected chi connectivity index (χ3v) is 4.47. The van der Waals surface area contributed by atoms with Gasteiger partial charge in [0.25, 0.3) is 0 Å². The van der Waals surface area contributed by atoms with Crippen LogP contribution < -0.4 is 0 Å². The van der Waals surface area contributed by atoms with Crippen molar-refractivity contribution >= 4 is 0 Å². The van der Waals surface area contributed by atoms with Gasteiger partial charge in [0.15, 0.2) is 0 Å². The van der Waals surface area contributed by atoms with E-state index >= 15 is 0 Å². The van der Waals surface area contributed by atoms with Gasteiger partial charge in [-0.15, -0.1) is 0 Å². The molecule has 0 heterocycles. The highest BCUT2D eigenvalue weighted by atomic mass is 17.2. The minimum absolute atomic E-state index is 0.511. The SMILES string of the molecule is CC/C=C\CCCCCCCC/C=C\CCCC.COOCc1ccccc1. The van der Waals surface area contributed by atoms with E-state index in [0.717, 1.165) is 5.56 Å². The van der Waals surface area contributed by atoms with Crippen molar-refractivity contribution in [1.82, 2.24) is 0 Å². The van der Waals surface area contributed by atoms with Crippen molar-refractivity contribution in [3.63, 3.8) is 0 Å². The van der Waals surface area contributed by atoms with Crippen LogP contribution in [0, 0.1) is 0 Å². The van der Waals surface area contributed by atoms with Crippen LogP contribution in [0.4, 0.5) is 0 Å². The van der Waals surface area contributed by atoms with E-state index in [1.54, 1.807) is 0 Å². The average molecular weight is 389 g/mol. The first-order valence-electron chi connectivity index (χ1n) is 11.3. The van der Waals surface area contributed by atoms with Crippen LogP contribution in [0.2, 0.25) is 0 Å². The number of unbranched alkanes of at least 4 members (excludes halogenated alkanes) is 9. The highest BCUT2D eigenvalue weighted by Crippen LogP contribution is 2.09. The molecule has 2 heteroatoms. The molecule has 160 valence electrons. The summed E-state index contributed by atoms with van der Waals surface area (Å²) in [7, 11) is 1.50. The molecule has 1 aromatic carbocycles. The van der Waals surface area contributed by atoms with E-state index in [0.29, 0.717) is 6.61 Å². The van der Waals surface area contributed by atoms with Crippen LogP contribution in [-0.2, 0) is 16.4 Å². The number of hydrogen-bond donors (Lipinski definition) is 0. The van der Waals surface area contributed by atoms with Gasteiger partial charge in [-0.25, -0.2) is 9.78 Å². The molecule has 0 radical (unpaired) electrons. The predicted molar refractivity (Wildman–Crippen MR) is 123 cm³/mol. The van der Waals surface area contributed by atoms with Crippen LogP contribution in [0.15, 0.2) is 54.6 Å². The van der Waals surface area contributed by atoms with E-state index < -0.39 is 0 Å². The van der Waals surface area contributed by atoms with Crippen LogP contribution in [-0.4, -0.2) is 7.11 Å². The Labute approximate surface area is 175 Å². The molecule has 0 atom stereocenters. The summed E-state index contributed by atoms with van der Waals surface area (Å²) < 4.78 is 0. The highest BCUT2D eigenvalue weighted by Gasteiger charge is 1.90. The summed E-state index contributed by atoms with van der Waals surface area (Å²) in [5.41, 5.74) is 1.12. The number of rotatable bonds is 16. The molecule has 0 bridgehead atoms. The molecule has 0 saturated carbocycles. The lowest BCUT2D eigenvalue weighted by Crippen LogP contribution is -1.89. The van der Waals surface area contributed by atoms with E-state index in [1.807, 2.05) is 30.3 Å². The standard InChI is InChI=1S/C18H34.C8H10O2/c1-3-5-7-9-11-13-15-17-18-16-14-12-10-8-6-4-2;1-9-10-7-8-5-3-2-4-6-8/h5,7,10,12H,3-4,6,8-9,11,13-18H2,1-2H3;2-6H,7H2,1H3/b7-5-,12-10-;. The van der Waals surface area contributed by atoms with E-state index in [4.69, 9.17) is 4.89 Å². The predicted octanol–water partition coefficient (Wildman–Crippen LogP) is 8.58. The molecule has 28 heavy (non-hydrogen) atoms. The second-order valence-corrected chi connectivity index (χ2v) is 7.11. The fraction of sp³-hybridized carbons (Fsp3) is 0.615. The van der Waals surface area contributed by atoms with Crippen LogP contribution in [0.1, 0.15) is 96.5 Å². The number of hydrogen-bond acceptors (Lipinski definition) is 2. The topological polar surface area (TPSA) is 18.5 Å². The van der Waals surface area contributed by atoms with Crippen molar-refractivity contribution < 1.29 is 9.78 Å². The molecule has 0 saturated heterocycles. The zero-order valence-corrected chi connectivity index (χ0v) is 18.7. The van der Waals surface area contributed by atoms with Gasteiger partial charge in [-0.1, -0.05) is 107 Å². The first-order chi connectivity index (χ1) is 13.8. The summed E-state index contributed by atoms with van der Waals surface area (Å²) in [6.07, 6.45) is 25.5. The largest absolute Gasteiger partial charge is 0.240 e. The quantitative estimate of drug-likeness (QED) is 0.122. The average Bonchev–Trinajstić information content (AvgIpc) is 2.74. The lowest BCUT2D eigenvalue weighted by molar-refractivity contribution is -0.282. The number of allylic oxidation sites excluding steroid dienone is 4. The van der Waals surface area contributed by atoms with Gasteiger partial charge in [0, 0.05) is 0 Å². The van der Waals surface area contributed by atoms with Crippen molar-refractivity contribution in [3.05, 3.63) is 60.2 Å². The summed E-state index contributed by atoms with van der Waals surface area (Å²) in [6, 6.07) is 9.87. The maximum absolute atomic E-state index is 4.72. The summed E-state index contributed by atoms with van der Waals surface area (Å²) in [4.78, 5) is 9.17. The first kappa shape index (κ1) is 26.6. The van der Waals surface area contributed by atoms with Gasteiger partial charge in [0.1, 0.15) is 6.61 Å². The van der Waals surface area contributed by atoms with Gasteiger partial charge in [-0.3, -0.25) is 0 Å². The molecular weight excluding hydrogens is 344 g/mol. The maximum Gasteiger partial charge on any atom is 0.107 e. The Morgan fingerprint density at radius 1 is 0.679 bits per heavy atom. The second-order valence-electron chi connectivity index (χ2n) is 7.11. The van der Waals surface area contributed by atoms with Gasteiger partial charge < -0.3 is 0 Å². The zero-order chi connectivity index (χ0) is 20.5. The molecule has 1 rings (SSSR count). The van der Waals surface area contributed by atoms with Gasteiger partial charge in [-0.2, -0.15) is 0 Å². The van der Waals surface area contributed by atoms with Crippen LogP contribution in [0.3, 0.4) is 0 Å². The van der Waals surface area contributed by atoms with Crippen molar-refractivity contribution in [3.8, 4) is 0 Å². The lowest BCUT2D eigenvalue weighted by atomic mass is 10.1. The van der Waals surface area contributed by atoms with Crippen molar-refractivity contribution in [2.24, 2.45) is 0 Å². The zero-order valence-electron chi connectivity index (χ0n) is 18.7. The molecule has 0 aromatic heterocycles. The normalized spacial score (nSPS) is 11.1. The minimum Gasteiger partial charge on any atom is -0.240 e. The molecule has 0 amide bonds. The maximum atomic E-state index is 4.72. The Morgan fingerprint density at radius 2 is 1.21 bits per heavy atom. The van der Waals surface area contributed by atoms with Crippen LogP contribution in [0.25, 0.3) is 0 Å². The third kappa shape index (κ3) is 20.9. The Morgan fingerprint density at radius 3 is 1.75 bits per heavy atom. The Hall–Kier alpha value is -1.38. The second kappa shape index (κ2) is 23.7. The molecule has 0 aliphatic heterocycles. The van der Waals surface area contributed by atoms with E-state index in [9.17, 15) is 0 Å². The summed E-state index contributed by atoms with van der Waals surface area (Å²) in [5.74, 6) is 0. The van der Waals surface area contributed by atoms with E-state index in [-0.39, 0.29) is 0 Å². The van der Waals surface area contributed by atoms with Crippen molar-refractivity contribution in [2.45, 2.75) is 97.5 Å². The molecular formula is C26H44O2. The first-order valence-corrected chi connectivity index (χ1v) is 11.3. The Bertz CT molecular complexity index is 451. The summed E-state index contributed by atoms with van der Waals surface area (Å²) >= 11 is 0. The minimum atomic E-state index is 0.511. The van der Waals surface area contributed by atoms with Crippen LogP contribution >= 0.6 is 0 Å². The van der Waals surface area contributed by atoms with Gasteiger partial charge in [-0.05, 0) is 44.1 Å². The van der Waals surface area contributed by atoms with Gasteiger partial charge in [0.05, 0.1) is 7.11 Å². The van der Waals surface area contributed by atoms with Gasteiger partial charge >= 0.3 is 0 Å². The smallest absolute Gasteiger partial charge is 0.107 e. The molecule has 0 aliphatic carbocycles. The summed E-state index contributed by atoms with van der Waals surface area (Å²) in [5, 5.41) is 0. The fourth-order valence-electron chi connectivity index (χ4n) is 2.77. The summed E-state index contributed by atoms with van der Waals surface area (Å²) in [6.45, 7) is 4.97. The third-order valence-electron chi connectivity index (χ3n) is 4.47. The number of benzene rings is 1. The Kier molecular flexibility index (Phi) is 22.5. The molecule has 0 N–H and O–H groups in total. The monoisotopic (exact) mass is 388 g/mol. The highest BCUT2D eigenvalue weighted by molar-refractivity contribution is 5.13. The van der Waals surface area contributed by atoms with Crippen LogP contribution in [0.5, 0.6) is 0 Å². The van der Waals surface area contributed by atoms with E-state index in [1.165, 1.54) is 84.2 Å². The lowest BCUT2D eigenvalue weighted by Gasteiger charge is -1.99. The van der Waals surface area contributed by atoms with Crippen molar-refractivity contribution in [1.29, 1.82) is 0 Å². The van der Waals surface area contributed by atoms with E-state index in [2.05, 4.69) is 43.0 Å². The fourth-order valence-corrected chi connectivity index (χ4v) is 2.77. The molecule has 0 spiro atoms. The Balaban J connectivity index is 0.000000609. The molecule has 0 aliphatic rings. The molecule has 0 fully saturated rings. The van der Waals surface area contributed by atoms with Crippen molar-refractivity contribution in [2.75, 3.05) is 7.11 Å². The van der Waals surface area contributed by atoms with Gasteiger partial charge in [0.2, 0.25) is 0 Å². The molecule has 2 nitrogen and oxygen atoms in total. The molecule has 1 aromatic rings. The molecule has 0 unspecified atom stereocenters.